The van der Waals surface area contributed by atoms with E-state index in [1.54, 1.807) is 12.1 Å². The molecule has 238 valence electrons. The Labute approximate surface area is 273 Å². The van der Waals surface area contributed by atoms with Crippen molar-refractivity contribution in [2.24, 2.45) is 0 Å². The molecule has 8 nitrogen and oxygen atoms in total. The fourth-order valence-corrected chi connectivity index (χ4v) is 5.88. The molecular weight excluding hydrogens is 596 g/mol. The normalized spacial score (nSPS) is 13.3. The Kier molecular flexibility index (Phi) is 10.0. The first kappa shape index (κ1) is 32.5. The lowest BCUT2D eigenvalue weighted by atomic mass is 9.68. The Hall–Kier alpha value is -5.89. The molecule has 1 aliphatic carbocycles. The van der Waals surface area contributed by atoms with E-state index in [2.05, 4.69) is 37.4 Å². The molecule has 0 aromatic heterocycles. The van der Waals surface area contributed by atoms with Crippen molar-refractivity contribution in [2.45, 2.75) is 24.9 Å². The molecule has 0 radical (unpaired) electrons. The highest BCUT2D eigenvalue weighted by atomic mass is 16.6. The summed E-state index contributed by atoms with van der Waals surface area (Å²) >= 11 is 0. The van der Waals surface area contributed by atoms with E-state index < -0.39 is 29.4 Å². The van der Waals surface area contributed by atoms with Crippen molar-refractivity contribution in [3.05, 3.63) is 157 Å². The number of allylic oxidation sites excluding steroid dienone is 1. The van der Waals surface area contributed by atoms with E-state index in [9.17, 15) is 19.5 Å². The van der Waals surface area contributed by atoms with Gasteiger partial charge in [-0.1, -0.05) is 86.0 Å². The van der Waals surface area contributed by atoms with Gasteiger partial charge in [0.05, 0.1) is 11.8 Å². The molecule has 0 amide bonds. The van der Waals surface area contributed by atoms with E-state index in [4.69, 9.17) is 18.9 Å². The molecular formula is C39H34O8. The maximum atomic E-state index is 11.9. The summed E-state index contributed by atoms with van der Waals surface area (Å²) in [6.45, 7) is 7.96. The van der Waals surface area contributed by atoms with Gasteiger partial charge < -0.3 is 24.1 Å². The van der Waals surface area contributed by atoms with Crippen LogP contribution in [0.2, 0.25) is 0 Å². The number of carbonyl (C=O) groups excluding carboxylic acids is 3. The number of rotatable bonds is 14. The molecule has 5 rings (SSSR count). The summed E-state index contributed by atoms with van der Waals surface area (Å²) in [4.78, 5) is 34.8. The minimum atomic E-state index is -0.741. The summed E-state index contributed by atoms with van der Waals surface area (Å²) < 4.78 is 21.7. The van der Waals surface area contributed by atoms with E-state index >= 15 is 0 Å². The summed E-state index contributed by atoms with van der Waals surface area (Å²) in [5.41, 5.74) is 5.71. The SMILES string of the molecule is C=CC(=O)CC(COc1ccc(C2(c3ccc(O/C(O)=C\COC(=O)C=C)cc3)c3ccccc3-c3ccccc32)cc1)OC(C)=O. The number of aliphatic hydroxyl groups is 1. The molecule has 0 spiro atoms. The third-order valence-corrected chi connectivity index (χ3v) is 7.82. The zero-order chi connectivity index (χ0) is 33.4. The maximum Gasteiger partial charge on any atom is 0.330 e. The van der Waals surface area contributed by atoms with Crippen LogP contribution in [-0.2, 0) is 29.3 Å². The van der Waals surface area contributed by atoms with Crippen LogP contribution in [-0.4, -0.2) is 42.1 Å². The molecule has 47 heavy (non-hydrogen) atoms. The highest BCUT2D eigenvalue weighted by Crippen LogP contribution is 2.56. The van der Waals surface area contributed by atoms with Crippen LogP contribution in [0.4, 0.5) is 0 Å². The number of aliphatic hydroxyl groups excluding tert-OH is 1. The van der Waals surface area contributed by atoms with Crippen LogP contribution in [0.5, 0.6) is 11.5 Å². The molecule has 0 saturated heterocycles. The van der Waals surface area contributed by atoms with Gasteiger partial charge in [0.15, 0.2) is 5.78 Å². The van der Waals surface area contributed by atoms with Crippen molar-refractivity contribution < 1.29 is 38.4 Å². The smallest absolute Gasteiger partial charge is 0.330 e. The van der Waals surface area contributed by atoms with Gasteiger partial charge >= 0.3 is 11.9 Å². The second kappa shape index (κ2) is 14.5. The monoisotopic (exact) mass is 630 g/mol. The van der Waals surface area contributed by atoms with Gasteiger partial charge in [-0.25, -0.2) is 4.79 Å². The minimum absolute atomic E-state index is 0.00869. The van der Waals surface area contributed by atoms with E-state index in [1.165, 1.54) is 19.1 Å². The van der Waals surface area contributed by atoms with Crippen LogP contribution in [0, 0.1) is 0 Å². The van der Waals surface area contributed by atoms with Gasteiger partial charge in [0.1, 0.15) is 30.8 Å². The van der Waals surface area contributed by atoms with Crippen LogP contribution in [0.15, 0.2) is 134 Å². The Bertz CT molecular complexity index is 1770. The number of esters is 2. The Morgan fingerprint density at radius 1 is 0.787 bits per heavy atom. The van der Waals surface area contributed by atoms with Crippen molar-refractivity contribution in [1.82, 2.24) is 0 Å². The highest BCUT2D eigenvalue weighted by molar-refractivity contribution is 5.89. The fraction of sp³-hybridized carbons (Fsp3) is 0.154. The van der Waals surface area contributed by atoms with Crippen molar-refractivity contribution >= 4 is 17.7 Å². The number of benzene rings is 4. The lowest BCUT2D eigenvalue weighted by Gasteiger charge is -2.34. The first-order chi connectivity index (χ1) is 22.8. The number of ether oxygens (including phenoxy) is 4. The Morgan fingerprint density at radius 3 is 1.87 bits per heavy atom. The van der Waals surface area contributed by atoms with Gasteiger partial charge in [-0.3, -0.25) is 9.59 Å². The summed E-state index contributed by atoms with van der Waals surface area (Å²) in [6.07, 6.45) is 2.72. The van der Waals surface area contributed by atoms with Crippen molar-refractivity contribution in [3.63, 3.8) is 0 Å². The van der Waals surface area contributed by atoms with Crippen LogP contribution in [0.1, 0.15) is 35.6 Å². The van der Waals surface area contributed by atoms with E-state index in [0.717, 1.165) is 39.5 Å². The predicted molar refractivity (Wildman–Crippen MR) is 177 cm³/mol. The average Bonchev–Trinajstić information content (AvgIpc) is 3.38. The summed E-state index contributed by atoms with van der Waals surface area (Å²) in [6, 6.07) is 31.8. The first-order valence-electron chi connectivity index (χ1n) is 15.0. The van der Waals surface area contributed by atoms with Crippen LogP contribution < -0.4 is 9.47 Å². The second-order valence-electron chi connectivity index (χ2n) is 10.8. The molecule has 0 aliphatic heterocycles. The third kappa shape index (κ3) is 7.02. The molecule has 1 N–H and O–H groups in total. The molecule has 4 aromatic carbocycles. The number of hydrogen-bond acceptors (Lipinski definition) is 8. The molecule has 0 fully saturated rings. The van der Waals surface area contributed by atoms with Crippen LogP contribution >= 0.6 is 0 Å². The standard InChI is InChI=1S/C39H34O8/c1-4-29(41)24-32(46-26(3)40)25-45-30-18-14-27(15-19-30)39(35-12-8-6-10-33(35)34-11-7-9-13-36(34)39)28-16-20-31(21-17-28)47-38(43)22-23-44-37(42)5-2/h4-22,32,43H,1-2,23-25H2,3H3/b38-22-. The molecule has 1 unspecified atom stereocenters. The molecule has 0 heterocycles. The molecule has 0 bridgehead atoms. The van der Waals surface area contributed by atoms with Gasteiger partial charge in [-0.05, 0) is 63.7 Å². The number of hydrogen-bond donors (Lipinski definition) is 1. The van der Waals surface area contributed by atoms with E-state index in [-0.39, 0.29) is 25.4 Å². The fourth-order valence-electron chi connectivity index (χ4n) is 5.88. The maximum absolute atomic E-state index is 11.9. The van der Waals surface area contributed by atoms with Crippen molar-refractivity contribution in [3.8, 4) is 22.6 Å². The Balaban J connectivity index is 1.49. The summed E-state index contributed by atoms with van der Waals surface area (Å²) in [7, 11) is 0. The van der Waals surface area contributed by atoms with Crippen molar-refractivity contribution in [2.75, 3.05) is 13.2 Å². The highest BCUT2D eigenvalue weighted by Gasteiger charge is 2.45. The van der Waals surface area contributed by atoms with Gasteiger partial charge in [0.25, 0.3) is 5.95 Å². The third-order valence-electron chi connectivity index (χ3n) is 7.82. The second-order valence-corrected chi connectivity index (χ2v) is 10.8. The van der Waals surface area contributed by atoms with Crippen molar-refractivity contribution in [1.29, 1.82) is 0 Å². The molecule has 1 atom stereocenters. The van der Waals surface area contributed by atoms with Gasteiger partial charge in [0, 0.05) is 19.1 Å². The van der Waals surface area contributed by atoms with E-state index in [1.807, 2.05) is 60.7 Å². The molecule has 0 saturated carbocycles. The summed E-state index contributed by atoms with van der Waals surface area (Å²) in [5.74, 6) is -0.798. The van der Waals surface area contributed by atoms with Gasteiger partial charge in [-0.15, -0.1) is 0 Å². The predicted octanol–water partition coefficient (Wildman–Crippen LogP) is 7.01. The quantitative estimate of drug-likeness (QED) is 0.0793. The number of ketones is 1. The average molecular weight is 631 g/mol. The Morgan fingerprint density at radius 2 is 1.34 bits per heavy atom. The topological polar surface area (TPSA) is 108 Å². The lowest BCUT2D eigenvalue weighted by molar-refractivity contribution is -0.148. The molecule has 1 aliphatic rings. The lowest BCUT2D eigenvalue weighted by Crippen LogP contribution is -2.28. The molecule has 4 aromatic rings. The van der Waals surface area contributed by atoms with Gasteiger partial charge in [-0.2, -0.15) is 0 Å². The zero-order valence-electron chi connectivity index (χ0n) is 25.9. The number of fused-ring (bicyclic) bond motifs is 3. The van der Waals surface area contributed by atoms with Crippen LogP contribution in [0.3, 0.4) is 0 Å². The van der Waals surface area contributed by atoms with Crippen LogP contribution in [0.25, 0.3) is 11.1 Å². The largest absolute Gasteiger partial charge is 0.490 e. The minimum Gasteiger partial charge on any atom is -0.490 e. The molecule has 8 heteroatoms. The number of carbonyl (C=O) groups is 3. The summed E-state index contributed by atoms with van der Waals surface area (Å²) in [5, 5.41) is 10.2. The zero-order valence-corrected chi connectivity index (χ0v) is 25.9. The van der Waals surface area contributed by atoms with E-state index in [0.29, 0.717) is 11.5 Å². The van der Waals surface area contributed by atoms with Gasteiger partial charge in [0.2, 0.25) is 0 Å². The first-order valence-corrected chi connectivity index (χ1v) is 15.0.